The summed E-state index contributed by atoms with van der Waals surface area (Å²) in [5.74, 6) is 2.19. The molecule has 1 aromatic heterocycles. The Kier molecular flexibility index (Phi) is 3.32. The molecule has 0 radical (unpaired) electrons. The zero-order valence-electron chi connectivity index (χ0n) is 10.1. The molecule has 0 bridgehead atoms. The molecule has 0 amide bonds. The predicted molar refractivity (Wildman–Crippen MR) is 68.2 cm³/mol. The SMILES string of the molecule is CC1CCC(Nc2ccc(N)nc2)C(C)C1. The molecule has 1 aliphatic rings. The molecule has 1 fully saturated rings. The Balaban J connectivity index is 1.96. The van der Waals surface area contributed by atoms with Gasteiger partial charge < -0.3 is 11.1 Å². The van der Waals surface area contributed by atoms with E-state index in [9.17, 15) is 0 Å². The maximum atomic E-state index is 5.57. The van der Waals surface area contributed by atoms with Gasteiger partial charge in [-0.2, -0.15) is 0 Å². The minimum absolute atomic E-state index is 0.580. The van der Waals surface area contributed by atoms with Crippen LogP contribution in [0.5, 0.6) is 0 Å². The van der Waals surface area contributed by atoms with E-state index in [1.54, 1.807) is 0 Å². The molecular formula is C13H21N3. The predicted octanol–water partition coefficient (Wildman–Crippen LogP) is 2.90. The number of nitrogens with two attached hydrogens (primary N) is 1. The van der Waals surface area contributed by atoms with Gasteiger partial charge in [0.15, 0.2) is 0 Å². The number of anilines is 2. The maximum Gasteiger partial charge on any atom is 0.123 e. The summed E-state index contributed by atoms with van der Waals surface area (Å²) in [5, 5.41) is 3.56. The maximum absolute atomic E-state index is 5.57. The van der Waals surface area contributed by atoms with Gasteiger partial charge in [-0.25, -0.2) is 4.98 Å². The van der Waals surface area contributed by atoms with Crippen molar-refractivity contribution < 1.29 is 0 Å². The second-order valence-electron chi connectivity index (χ2n) is 5.12. The molecule has 1 saturated carbocycles. The molecule has 0 aliphatic heterocycles. The number of aromatic nitrogens is 1. The van der Waals surface area contributed by atoms with Crippen LogP contribution in [0, 0.1) is 11.8 Å². The lowest BCUT2D eigenvalue weighted by atomic mass is 9.80. The molecule has 0 saturated heterocycles. The third kappa shape index (κ3) is 2.65. The van der Waals surface area contributed by atoms with E-state index in [1.165, 1.54) is 19.3 Å². The molecule has 16 heavy (non-hydrogen) atoms. The number of hydrogen-bond donors (Lipinski definition) is 2. The van der Waals surface area contributed by atoms with Gasteiger partial charge in [0.05, 0.1) is 11.9 Å². The molecule has 1 aliphatic carbocycles. The third-order valence-electron chi connectivity index (χ3n) is 3.57. The van der Waals surface area contributed by atoms with Crippen molar-refractivity contribution in [3.05, 3.63) is 18.3 Å². The first-order valence-corrected chi connectivity index (χ1v) is 6.13. The zero-order valence-corrected chi connectivity index (χ0v) is 10.1. The van der Waals surface area contributed by atoms with Gasteiger partial charge in [-0.3, -0.25) is 0 Å². The van der Waals surface area contributed by atoms with Crippen LogP contribution in [0.3, 0.4) is 0 Å². The van der Waals surface area contributed by atoms with Crippen LogP contribution in [0.1, 0.15) is 33.1 Å². The monoisotopic (exact) mass is 219 g/mol. The zero-order chi connectivity index (χ0) is 11.5. The van der Waals surface area contributed by atoms with E-state index in [-0.39, 0.29) is 0 Å². The molecule has 3 N–H and O–H groups in total. The molecule has 3 atom stereocenters. The minimum atomic E-state index is 0.580. The molecule has 3 nitrogen and oxygen atoms in total. The summed E-state index contributed by atoms with van der Waals surface area (Å²) in [6.45, 7) is 4.68. The van der Waals surface area contributed by atoms with E-state index in [1.807, 2.05) is 18.3 Å². The van der Waals surface area contributed by atoms with E-state index < -0.39 is 0 Å². The molecular weight excluding hydrogens is 198 g/mol. The molecule has 88 valence electrons. The Morgan fingerprint density at radius 2 is 2.12 bits per heavy atom. The van der Waals surface area contributed by atoms with E-state index in [0.717, 1.165) is 17.5 Å². The van der Waals surface area contributed by atoms with Crippen LogP contribution in [0.2, 0.25) is 0 Å². The van der Waals surface area contributed by atoms with Gasteiger partial charge in [-0.1, -0.05) is 13.8 Å². The number of nitrogens with zero attached hydrogens (tertiary/aromatic N) is 1. The third-order valence-corrected chi connectivity index (χ3v) is 3.57. The van der Waals surface area contributed by atoms with Gasteiger partial charge in [0.2, 0.25) is 0 Å². The molecule has 3 heteroatoms. The fraction of sp³-hybridized carbons (Fsp3) is 0.615. The summed E-state index contributed by atoms with van der Waals surface area (Å²) in [5.41, 5.74) is 6.65. The average molecular weight is 219 g/mol. The smallest absolute Gasteiger partial charge is 0.123 e. The van der Waals surface area contributed by atoms with Crippen LogP contribution in [0.4, 0.5) is 11.5 Å². The molecule has 2 rings (SSSR count). The number of pyridine rings is 1. The van der Waals surface area contributed by atoms with Crippen molar-refractivity contribution in [2.45, 2.75) is 39.2 Å². The second-order valence-corrected chi connectivity index (χ2v) is 5.12. The summed E-state index contributed by atoms with van der Waals surface area (Å²) < 4.78 is 0. The Hall–Kier alpha value is -1.25. The lowest BCUT2D eigenvalue weighted by molar-refractivity contribution is 0.276. The Labute approximate surface area is 97.5 Å². The highest BCUT2D eigenvalue weighted by atomic mass is 14.9. The van der Waals surface area contributed by atoms with Crippen LogP contribution < -0.4 is 11.1 Å². The summed E-state index contributed by atoms with van der Waals surface area (Å²) in [6, 6.07) is 4.44. The molecule has 1 aromatic rings. The number of nitrogens with one attached hydrogen (secondary N) is 1. The highest BCUT2D eigenvalue weighted by Gasteiger charge is 2.24. The van der Waals surface area contributed by atoms with Crippen molar-refractivity contribution in [3.8, 4) is 0 Å². The highest BCUT2D eigenvalue weighted by molar-refractivity contribution is 5.46. The summed E-state index contributed by atoms with van der Waals surface area (Å²) >= 11 is 0. The number of rotatable bonds is 2. The average Bonchev–Trinajstić information content (AvgIpc) is 2.25. The Morgan fingerprint density at radius 1 is 1.31 bits per heavy atom. The quantitative estimate of drug-likeness (QED) is 0.804. The first kappa shape index (κ1) is 11.2. The normalized spacial score (nSPS) is 30.0. The van der Waals surface area contributed by atoms with Crippen LogP contribution in [0.15, 0.2) is 18.3 Å². The van der Waals surface area contributed by atoms with Crippen molar-refractivity contribution in [3.63, 3.8) is 0 Å². The number of hydrogen-bond acceptors (Lipinski definition) is 3. The van der Waals surface area contributed by atoms with E-state index >= 15 is 0 Å². The fourth-order valence-corrected chi connectivity index (χ4v) is 2.58. The van der Waals surface area contributed by atoms with Crippen LogP contribution in [-0.2, 0) is 0 Å². The van der Waals surface area contributed by atoms with Gasteiger partial charge >= 0.3 is 0 Å². The van der Waals surface area contributed by atoms with E-state index in [2.05, 4.69) is 24.1 Å². The highest BCUT2D eigenvalue weighted by Crippen LogP contribution is 2.30. The molecule has 3 unspecified atom stereocenters. The van der Waals surface area contributed by atoms with Crippen LogP contribution in [-0.4, -0.2) is 11.0 Å². The molecule has 0 spiro atoms. The number of nitrogen functional groups attached to an aromatic ring is 1. The lowest BCUT2D eigenvalue weighted by Crippen LogP contribution is -2.33. The van der Waals surface area contributed by atoms with Crippen LogP contribution >= 0.6 is 0 Å². The van der Waals surface area contributed by atoms with Crippen molar-refractivity contribution >= 4 is 11.5 Å². The van der Waals surface area contributed by atoms with Crippen molar-refractivity contribution in [2.75, 3.05) is 11.1 Å². The van der Waals surface area contributed by atoms with E-state index in [0.29, 0.717) is 11.9 Å². The topological polar surface area (TPSA) is 50.9 Å². The van der Waals surface area contributed by atoms with Crippen LogP contribution in [0.25, 0.3) is 0 Å². The van der Waals surface area contributed by atoms with E-state index in [4.69, 9.17) is 5.73 Å². The summed E-state index contributed by atoms with van der Waals surface area (Å²) in [4.78, 5) is 4.10. The van der Waals surface area contributed by atoms with Crippen molar-refractivity contribution in [1.82, 2.24) is 4.98 Å². The first-order valence-electron chi connectivity index (χ1n) is 6.13. The van der Waals surface area contributed by atoms with Gasteiger partial charge in [0.25, 0.3) is 0 Å². The molecule has 1 heterocycles. The fourth-order valence-electron chi connectivity index (χ4n) is 2.58. The van der Waals surface area contributed by atoms with Crippen molar-refractivity contribution in [2.24, 2.45) is 11.8 Å². The Morgan fingerprint density at radius 3 is 2.75 bits per heavy atom. The standard InChI is InChI=1S/C13H21N3/c1-9-3-5-12(10(2)7-9)16-11-4-6-13(14)15-8-11/h4,6,8-10,12,16H,3,5,7H2,1-2H3,(H2,14,15). The second kappa shape index (κ2) is 4.73. The van der Waals surface area contributed by atoms with Gasteiger partial charge in [0.1, 0.15) is 5.82 Å². The van der Waals surface area contributed by atoms with Gasteiger partial charge in [0, 0.05) is 6.04 Å². The summed E-state index contributed by atoms with van der Waals surface area (Å²) in [6.07, 6.45) is 5.72. The molecule has 0 aromatic carbocycles. The largest absolute Gasteiger partial charge is 0.384 e. The Bertz CT molecular complexity index is 334. The summed E-state index contributed by atoms with van der Waals surface area (Å²) in [7, 11) is 0. The lowest BCUT2D eigenvalue weighted by Gasteiger charge is -2.33. The van der Waals surface area contributed by atoms with Gasteiger partial charge in [-0.15, -0.1) is 0 Å². The van der Waals surface area contributed by atoms with Gasteiger partial charge in [-0.05, 0) is 43.2 Å². The van der Waals surface area contributed by atoms with Crippen molar-refractivity contribution in [1.29, 1.82) is 0 Å². The minimum Gasteiger partial charge on any atom is -0.384 e. The first-order chi connectivity index (χ1) is 7.65.